The molecule has 0 radical (unpaired) electrons. The molecule has 0 aliphatic rings. The third-order valence-corrected chi connectivity index (χ3v) is 4.29. The zero-order valence-corrected chi connectivity index (χ0v) is 12.6. The van der Waals surface area contributed by atoms with Crippen LogP contribution in [0.4, 0.5) is 5.69 Å². The fourth-order valence-corrected chi connectivity index (χ4v) is 3.33. The van der Waals surface area contributed by atoms with E-state index in [1.165, 1.54) is 41.6 Å². The quantitative estimate of drug-likeness (QED) is 0.591. The van der Waals surface area contributed by atoms with Crippen LogP contribution < -0.4 is 4.72 Å². The number of aromatic nitrogens is 3. The van der Waals surface area contributed by atoms with E-state index in [9.17, 15) is 18.5 Å². The van der Waals surface area contributed by atoms with Gasteiger partial charge in [0.25, 0.3) is 5.69 Å². The highest BCUT2D eigenvalue weighted by molar-refractivity contribution is 7.88. The molecule has 0 fully saturated rings. The summed E-state index contributed by atoms with van der Waals surface area (Å²) >= 11 is 0. The average molecular weight is 325 g/mol. The Morgan fingerprint density at radius 1 is 1.36 bits per heavy atom. The van der Waals surface area contributed by atoms with Gasteiger partial charge in [-0.2, -0.15) is 5.10 Å². The lowest BCUT2D eigenvalue weighted by atomic mass is 10.2. The fourth-order valence-electron chi connectivity index (χ4n) is 1.93. The van der Waals surface area contributed by atoms with Gasteiger partial charge in [0.2, 0.25) is 10.0 Å². The van der Waals surface area contributed by atoms with Crippen LogP contribution in [0.1, 0.15) is 12.5 Å². The molecule has 0 bridgehead atoms. The number of nitrogens with one attached hydrogen (secondary N) is 1. The van der Waals surface area contributed by atoms with Crippen LogP contribution in [0.2, 0.25) is 0 Å². The third kappa shape index (κ3) is 4.60. The molecule has 0 saturated heterocycles. The first-order chi connectivity index (χ1) is 10.4. The molecule has 10 heteroatoms. The van der Waals surface area contributed by atoms with E-state index in [-0.39, 0.29) is 17.5 Å². The summed E-state index contributed by atoms with van der Waals surface area (Å²) in [6.07, 6.45) is 2.87. The minimum Gasteiger partial charge on any atom is -0.258 e. The maximum Gasteiger partial charge on any atom is 0.269 e. The van der Waals surface area contributed by atoms with E-state index < -0.39 is 14.9 Å². The average Bonchev–Trinajstić information content (AvgIpc) is 2.90. The molecular formula is C12H15N5O4S. The van der Waals surface area contributed by atoms with Crippen molar-refractivity contribution in [3.05, 3.63) is 52.6 Å². The first kappa shape index (κ1) is 16.0. The minimum atomic E-state index is -3.55. The second kappa shape index (κ2) is 6.62. The fraction of sp³-hybridized carbons (Fsp3) is 0.333. The molecule has 1 heterocycles. The second-order valence-corrected chi connectivity index (χ2v) is 6.57. The molecule has 118 valence electrons. The zero-order valence-electron chi connectivity index (χ0n) is 11.8. The van der Waals surface area contributed by atoms with Crippen molar-refractivity contribution in [3.8, 4) is 0 Å². The summed E-state index contributed by atoms with van der Waals surface area (Å²) in [5.41, 5.74) is 0.403. The molecule has 0 unspecified atom stereocenters. The van der Waals surface area contributed by atoms with Crippen molar-refractivity contribution in [2.24, 2.45) is 0 Å². The first-order valence-electron chi connectivity index (χ1n) is 6.41. The number of hydrogen-bond donors (Lipinski definition) is 1. The molecule has 0 aliphatic carbocycles. The highest BCUT2D eigenvalue weighted by Gasteiger charge is 2.16. The molecule has 0 aliphatic heterocycles. The number of rotatable bonds is 7. The molecule has 0 spiro atoms. The Balaban J connectivity index is 1.96. The Morgan fingerprint density at radius 2 is 2.05 bits per heavy atom. The number of hydrogen-bond acceptors (Lipinski definition) is 6. The van der Waals surface area contributed by atoms with Gasteiger partial charge in [0.1, 0.15) is 12.7 Å². The number of benzene rings is 1. The molecule has 0 saturated carbocycles. The molecular weight excluding hydrogens is 310 g/mol. The van der Waals surface area contributed by atoms with E-state index >= 15 is 0 Å². The van der Waals surface area contributed by atoms with Crippen molar-refractivity contribution in [2.45, 2.75) is 25.3 Å². The Hall–Kier alpha value is -2.33. The van der Waals surface area contributed by atoms with Crippen LogP contribution in [0.15, 0.2) is 36.9 Å². The predicted octanol–water partition coefficient (Wildman–Crippen LogP) is 0.694. The van der Waals surface area contributed by atoms with E-state index in [1.54, 1.807) is 6.92 Å². The summed E-state index contributed by atoms with van der Waals surface area (Å²) in [6.45, 7) is 2.08. The maximum absolute atomic E-state index is 12.1. The van der Waals surface area contributed by atoms with Crippen LogP contribution in [0.5, 0.6) is 0 Å². The van der Waals surface area contributed by atoms with Gasteiger partial charge in [0.15, 0.2) is 0 Å². The monoisotopic (exact) mass is 325 g/mol. The highest BCUT2D eigenvalue weighted by Crippen LogP contribution is 2.13. The van der Waals surface area contributed by atoms with Gasteiger partial charge in [-0.05, 0) is 12.5 Å². The Kier molecular flexibility index (Phi) is 4.83. The second-order valence-electron chi connectivity index (χ2n) is 4.82. The van der Waals surface area contributed by atoms with Crippen molar-refractivity contribution in [1.82, 2.24) is 19.5 Å². The summed E-state index contributed by atoms with van der Waals surface area (Å²) in [7, 11) is -3.55. The van der Waals surface area contributed by atoms with Crippen molar-refractivity contribution >= 4 is 15.7 Å². The van der Waals surface area contributed by atoms with Gasteiger partial charge in [-0.15, -0.1) is 0 Å². The largest absolute Gasteiger partial charge is 0.269 e. The van der Waals surface area contributed by atoms with E-state index in [4.69, 9.17) is 0 Å². The number of nitrogens with zero attached hydrogens (tertiary/aromatic N) is 4. The molecule has 9 nitrogen and oxygen atoms in total. The topological polar surface area (TPSA) is 120 Å². The molecule has 1 aromatic heterocycles. The van der Waals surface area contributed by atoms with Gasteiger partial charge in [-0.1, -0.05) is 12.1 Å². The Bertz CT molecular complexity index is 727. The van der Waals surface area contributed by atoms with Gasteiger partial charge in [-0.25, -0.2) is 18.1 Å². The van der Waals surface area contributed by atoms with Crippen LogP contribution in [0.3, 0.4) is 0 Å². The number of non-ortho nitro benzene ring substituents is 1. The molecule has 1 atom stereocenters. The van der Waals surface area contributed by atoms with Gasteiger partial charge in [-0.3, -0.25) is 14.8 Å². The predicted molar refractivity (Wildman–Crippen MR) is 78.3 cm³/mol. The minimum absolute atomic E-state index is 0.0753. The van der Waals surface area contributed by atoms with E-state index in [0.29, 0.717) is 12.1 Å². The van der Waals surface area contributed by atoms with E-state index in [1.807, 2.05) is 0 Å². The van der Waals surface area contributed by atoms with Crippen LogP contribution in [0, 0.1) is 10.1 Å². The van der Waals surface area contributed by atoms with Crippen LogP contribution in [-0.4, -0.2) is 34.1 Å². The number of sulfonamides is 1. The van der Waals surface area contributed by atoms with Crippen LogP contribution in [0.25, 0.3) is 0 Å². The summed E-state index contributed by atoms with van der Waals surface area (Å²) in [5, 5.41) is 14.5. The molecule has 1 N–H and O–H groups in total. The number of nitro benzene ring substituents is 1. The van der Waals surface area contributed by atoms with Gasteiger partial charge in [0.05, 0.1) is 17.2 Å². The third-order valence-electron chi connectivity index (χ3n) is 2.81. The lowest BCUT2D eigenvalue weighted by molar-refractivity contribution is -0.384. The zero-order chi connectivity index (χ0) is 16.2. The SMILES string of the molecule is C[C@@H](Cn1cncn1)NS(=O)(=O)Cc1ccc([N+](=O)[O-])cc1. The van der Waals surface area contributed by atoms with Crippen molar-refractivity contribution < 1.29 is 13.3 Å². The smallest absolute Gasteiger partial charge is 0.258 e. The molecule has 1 aromatic carbocycles. The molecule has 22 heavy (non-hydrogen) atoms. The Morgan fingerprint density at radius 3 is 2.59 bits per heavy atom. The standard InChI is InChI=1S/C12H15N5O4S/c1-10(6-16-9-13-8-14-16)15-22(20,21)7-11-2-4-12(5-3-11)17(18)19/h2-5,8-10,15H,6-7H2,1H3/t10-/m0/s1. The first-order valence-corrected chi connectivity index (χ1v) is 8.07. The lowest BCUT2D eigenvalue weighted by Gasteiger charge is -2.14. The summed E-state index contributed by atoms with van der Waals surface area (Å²) < 4.78 is 28.2. The molecule has 0 amide bonds. The summed E-state index contributed by atoms with van der Waals surface area (Å²) in [5.74, 6) is -0.243. The molecule has 2 rings (SSSR count). The van der Waals surface area contributed by atoms with Gasteiger partial charge >= 0.3 is 0 Å². The Labute approximate surface area is 127 Å². The van der Waals surface area contributed by atoms with Crippen molar-refractivity contribution in [2.75, 3.05) is 0 Å². The van der Waals surface area contributed by atoms with Gasteiger partial charge in [0, 0.05) is 18.2 Å². The highest BCUT2D eigenvalue weighted by atomic mass is 32.2. The summed E-state index contributed by atoms with van der Waals surface area (Å²) in [6, 6.07) is 5.07. The van der Waals surface area contributed by atoms with E-state index in [2.05, 4.69) is 14.8 Å². The van der Waals surface area contributed by atoms with Gasteiger partial charge < -0.3 is 0 Å². The lowest BCUT2D eigenvalue weighted by Crippen LogP contribution is -2.36. The normalized spacial score (nSPS) is 13.0. The van der Waals surface area contributed by atoms with E-state index in [0.717, 1.165) is 0 Å². The van der Waals surface area contributed by atoms with Crippen LogP contribution in [-0.2, 0) is 22.3 Å². The number of nitro groups is 1. The van der Waals surface area contributed by atoms with Crippen molar-refractivity contribution in [1.29, 1.82) is 0 Å². The van der Waals surface area contributed by atoms with Crippen molar-refractivity contribution in [3.63, 3.8) is 0 Å². The van der Waals surface area contributed by atoms with Crippen LogP contribution >= 0.6 is 0 Å². The summed E-state index contributed by atoms with van der Waals surface area (Å²) in [4.78, 5) is 13.8. The maximum atomic E-state index is 12.1. The molecule has 2 aromatic rings.